The molecule has 3 nitrogen and oxygen atoms in total. The minimum Gasteiger partial charge on any atom is -0.351 e. The number of amides is 1. The van der Waals surface area contributed by atoms with E-state index in [9.17, 15) is 9.18 Å². The summed E-state index contributed by atoms with van der Waals surface area (Å²) in [5.41, 5.74) is 1.44. The van der Waals surface area contributed by atoms with Gasteiger partial charge in [0, 0.05) is 18.9 Å². The number of benzene rings is 1. The molecule has 0 atom stereocenters. The molecule has 0 unspecified atom stereocenters. The highest BCUT2D eigenvalue weighted by atomic mass is 19.1. The zero-order chi connectivity index (χ0) is 14.7. The van der Waals surface area contributed by atoms with E-state index in [1.165, 1.54) is 12.1 Å². The number of aromatic nitrogens is 1. The second-order valence-electron chi connectivity index (χ2n) is 5.48. The summed E-state index contributed by atoms with van der Waals surface area (Å²) >= 11 is 0. The van der Waals surface area contributed by atoms with E-state index in [2.05, 4.69) is 10.3 Å². The Morgan fingerprint density at radius 2 is 1.81 bits per heavy atom. The van der Waals surface area contributed by atoms with Gasteiger partial charge >= 0.3 is 0 Å². The van der Waals surface area contributed by atoms with E-state index in [1.807, 2.05) is 12.1 Å². The predicted molar refractivity (Wildman–Crippen MR) is 78.0 cm³/mol. The number of hydrogen-bond acceptors (Lipinski definition) is 2. The van der Waals surface area contributed by atoms with Crippen molar-refractivity contribution in [1.29, 1.82) is 0 Å². The molecule has 0 aliphatic heterocycles. The molecule has 0 radical (unpaired) electrons. The zero-order valence-corrected chi connectivity index (χ0v) is 11.7. The molecule has 108 valence electrons. The van der Waals surface area contributed by atoms with Crippen molar-refractivity contribution < 1.29 is 9.18 Å². The van der Waals surface area contributed by atoms with Gasteiger partial charge in [-0.1, -0.05) is 18.6 Å². The van der Waals surface area contributed by atoms with Gasteiger partial charge in [0.1, 0.15) is 5.82 Å². The molecule has 1 aliphatic rings. The Kier molecular flexibility index (Phi) is 3.69. The van der Waals surface area contributed by atoms with Crippen LogP contribution in [0.3, 0.4) is 0 Å². The van der Waals surface area contributed by atoms with Gasteiger partial charge in [-0.3, -0.25) is 9.78 Å². The first kappa shape index (κ1) is 13.7. The Hall–Kier alpha value is -2.23. The number of carbonyl (C=O) groups excluding carboxylic acids is 1. The Balaban J connectivity index is 1.73. The molecule has 3 rings (SSSR count). The number of hydrogen-bond donors (Lipinski definition) is 1. The molecule has 0 bridgehead atoms. The van der Waals surface area contributed by atoms with Gasteiger partial charge in [-0.15, -0.1) is 0 Å². The maximum atomic E-state index is 13.1. The summed E-state index contributed by atoms with van der Waals surface area (Å²) in [7, 11) is 0. The molecular weight excluding hydrogens is 267 g/mol. The van der Waals surface area contributed by atoms with Gasteiger partial charge in [-0.25, -0.2) is 4.39 Å². The first-order valence-electron chi connectivity index (χ1n) is 7.14. The Bertz CT molecular complexity index is 621. The standard InChI is InChI=1S/C17H17FN2O/c18-15-4-2-14(3-5-15)17(8-1-9-17)16(21)20-12-13-6-10-19-11-7-13/h2-7,10-11H,1,8-9,12H2,(H,20,21). The summed E-state index contributed by atoms with van der Waals surface area (Å²) in [4.78, 5) is 16.5. The Morgan fingerprint density at radius 1 is 1.14 bits per heavy atom. The minimum absolute atomic E-state index is 0.0252. The Labute approximate surface area is 123 Å². The lowest BCUT2D eigenvalue weighted by Gasteiger charge is -2.40. The van der Waals surface area contributed by atoms with Crippen LogP contribution in [-0.4, -0.2) is 10.9 Å². The van der Waals surface area contributed by atoms with E-state index in [-0.39, 0.29) is 11.7 Å². The third-order valence-corrected chi connectivity index (χ3v) is 4.24. The van der Waals surface area contributed by atoms with Gasteiger partial charge in [0.25, 0.3) is 0 Å². The highest BCUT2D eigenvalue weighted by Crippen LogP contribution is 2.44. The topological polar surface area (TPSA) is 42.0 Å². The molecule has 1 heterocycles. The van der Waals surface area contributed by atoms with Crippen molar-refractivity contribution in [3.63, 3.8) is 0 Å². The summed E-state index contributed by atoms with van der Waals surface area (Å²) < 4.78 is 13.1. The normalized spacial score (nSPS) is 16.0. The van der Waals surface area contributed by atoms with Crippen molar-refractivity contribution in [2.24, 2.45) is 0 Å². The highest BCUT2D eigenvalue weighted by Gasteiger charge is 2.45. The van der Waals surface area contributed by atoms with Crippen LogP contribution < -0.4 is 5.32 Å². The maximum Gasteiger partial charge on any atom is 0.230 e. The lowest BCUT2D eigenvalue weighted by atomic mass is 9.64. The van der Waals surface area contributed by atoms with Gasteiger partial charge in [0.2, 0.25) is 5.91 Å². The third-order valence-electron chi connectivity index (χ3n) is 4.24. The highest BCUT2D eigenvalue weighted by molar-refractivity contribution is 5.89. The number of rotatable bonds is 4. The number of carbonyl (C=O) groups is 1. The van der Waals surface area contributed by atoms with E-state index < -0.39 is 5.41 Å². The van der Waals surface area contributed by atoms with E-state index in [1.54, 1.807) is 24.5 Å². The fourth-order valence-corrected chi connectivity index (χ4v) is 2.80. The number of nitrogens with one attached hydrogen (secondary N) is 1. The maximum absolute atomic E-state index is 13.1. The molecule has 2 aromatic rings. The van der Waals surface area contributed by atoms with Crippen molar-refractivity contribution >= 4 is 5.91 Å². The first-order chi connectivity index (χ1) is 10.2. The SMILES string of the molecule is O=C(NCc1ccncc1)C1(c2ccc(F)cc2)CCC1. The van der Waals surface area contributed by atoms with E-state index in [0.717, 1.165) is 30.4 Å². The molecule has 1 N–H and O–H groups in total. The van der Waals surface area contributed by atoms with Crippen LogP contribution in [0.1, 0.15) is 30.4 Å². The average molecular weight is 284 g/mol. The second-order valence-corrected chi connectivity index (χ2v) is 5.48. The summed E-state index contributed by atoms with van der Waals surface area (Å²) in [5, 5.41) is 2.99. The summed E-state index contributed by atoms with van der Waals surface area (Å²) in [6, 6.07) is 10.1. The van der Waals surface area contributed by atoms with E-state index in [4.69, 9.17) is 0 Å². The Morgan fingerprint density at radius 3 is 2.38 bits per heavy atom. The number of nitrogens with zero attached hydrogens (tertiary/aromatic N) is 1. The van der Waals surface area contributed by atoms with E-state index in [0.29, 0.717) is 6.54 Å². The van der Waals surface area contributed by atoms with E-state index >= 15 is 0 Å². The zero-order valence-electron chi connectivity index (χ0n) is 11.7. The molecule has 0 saturated heterocycles. The van der Waals surface area contributed by atoms with Crippen molar-refractivity contribution in [2.75, 3.05) is 0 Å². The molecule has 1 fully saturated rings. The van der Waals surface area contributed by atoms with Gasteiger partial charge in [0.15, 0.2) is 0 Å². The van der Waals surface area contributed by atoms with Crippen LogP contribution in [0.15, 0.2) is 48.8 Å². The fourth-order valence-electron chi connectivity index (χ4n) is 2.80. The molecule has 1 aliphatic carbocycles. The minimum atomic E-state index is -0.485. The first-order valence-corrected chi connectivity index (χ1v) is 7.14. The number of halogens is 1. The lowest BCUT2D eigenvalue weighted by molar-refractivity contribution is -0.130. The van der Waals surface area contributed by atoms with Crippen LogP contribution in [0.5, 0.6) is 0 Å². The average Bonchev–Trinajstić information content (AvgIpc) is 2.47. The van der Waals surface area contributed by atoms with Crippen molar-refractivity contribution in [1.82, 2.24) is 10.3 Å². The van der Waals surface area contributed by atoms with Crippen LogP contribution in [0, 0.1) is 5.82 Å². The third kappa shape index (κ3) is 2.66. The quantitative estimate of drug-likeness (QED) is 0.938. The van der Waals surface area contributed by atoms with Crippen LogP contribution in [0.4, 0.5) is 4.39 Å². The van der Waals surface area contributed by atoms with Crippen LogP contribution >= 0.6 is 0 Å². The van der Waals surface area contributed by atoms with Crippen LogP contribution in [0.25, 0.3) is 0 Å². The smallest absolute Gasteiger partial charge is 0.230 e. The van der Waals surface area contributed by atoms with Crippen molar-refractivity contribution in [3.8, 4) is 0 Å². The molecule has 1 amide bonds. The molecule has 1 aromatic carbocycles. The monoisotopic (exact) mass is 284 g/mol. The summed E-state index contributed by atoms with van der Waals surface area (Å²) in [6.45, 7) is 0.490. The molecule has 4 heteroatoms. The molecule has 1 aromatic heterocycles. The molecular formula is C17H17FN2O. The predicted octanol–water partition coefficient (Wildman–Crippen LogP) is 2.96. The van der Waals surface area contributed by atoms with Crippen molar-refractivity contribution in [2.45, 2.75) is 31.2 Å². The molecule has 1 saturated carbocycles. The lowest BCUT2D eigenvalue weighted by Crippen LogP contribution is -2.49. The fraction of sp³-hybridized carbons (Fsp3) is 0.294. The summed E-state index contributed by atoms with van der Waals surface area (Å²) in [5.74, 6) is -0.248. The molecule has 0 spiro atoms. The van der Waals surface area contributed by atoms with Crippen molar-refractivity contribution in [3.05, 3.63) is 65.7 Å². The number of pyridine rings is 1. The van der Waals surface area contributed by atoms with Crippen LogP contribution in [0.2, 0.25) is 0 Å². The van der Waals surface area contributed by atoms with Gasteiger partial charge < -0.3 is 5.32 Å². The second kappa shape index (κ2) is 5.64. The largest absolute Gasteiger partial charge is 0.351 e. The van der Waals surface area contributed by atoms with Gasteiger partial charge in [-0.2, -0.15) is 0 Å². The summed E-state index contributed by atoms with van der Waals surface area (Å²) in [6.07, 6.45) is 6.09. The van der Waals surface area contributed by atoms with Crippen LogP contribution in [-0.2, 0) is 16.8 Å². The van der Waals surface area contributed by atoms with Gasteiger partial charge in [-0.05, 0) is 48.2 Å². The van der Waals surface area contributed by atoms with Gasteiger partial charge in [0.05, 0.1) is 5.41 Å². The molecule has 21 heavy (non-hydrogen) atoms.